The molecule has 1 aromatic heterocycles. The predicted octanol–water partition coefficient (Wildman–Crippen LogP) is 3.40. The molecule has 0 fully saturated rings. The van der Waals surface area contributed by atoms with Gasteiger partial charge < -0.3 is 5.73 Å². The number of nitrogens with two attached hydrogens (primary N) is 1. The molecule has 2 aromatic rings. The molecule has 0 amide bonds. The third-order valence-corrected chi connectivity index (χ3v) is 3.40. The second-order valence-corrected chi connectivity index (χ2v) is 4.54. The fourth-order valence-corrected chi connectivity index (χ4v) is 2.20. The molecule has 2 rings (SSSR count). The van der Waals surface area contributed by atoms with Crippen LogP contribution < -0.4 is 5.73 Å². The summed E-state index contributed by atoms with van der Waals surface area (Å²) in [5.74, 6) is -1.34. The van der Waals surface area contributed by atoms with E-state index >= 15 is 0 Å². The summed E-state index contributed by atoms with van der Waals surface area (Å²) in [5.41, 5.74) is 6.29. The summed E-state index contributed by atoms with van der Waals surface area (Å²) in [5, 5.41) is 0.579. The number of anilines is 1. The Morgan fingerprint density at radius 1 is 1.24 bits per heavy atom. The maximum Gasteiger partial charge on any atom is 0.142 e. The lowest BCUT2D eigenvalue weighted by atomic mass is 10.3. The number of hydrogen-bond donors (Lipinski definition) is 1. The molecule has 17 heavy (non-hydrogen) atoms. The molecule has 0 atom stereocenters. The van der Waals surface area contributed by atoms with Gasteiger partial charge in [0.25, 0.3) is 0 Å². The van der Waals surface area contributed by atoms with Gasteiger partial charge in [-0.3, -0.25) is 0 Å². The van der Waals surface area contributed by atoms with E-state index in [4.69, 9.17) is 5.73 Å². The van der Waals surface area contributed by atoms with E-state index in [0.29, 0.717) is 5.03 Å². The molecule has 0 aliphatic heterocycles. The fourth-order valence-electron chi connectivity index (χ4n) is 1.35. The van der Waals surface area contributed by atoms with Crippen LogP contribution in [-0.2, 0) is 0 Å². The average molecular weight is 252 g/mol. The van der Waals surface area contributed by atoms with Crippen LogP contribution in [0.2, 0.25) is 0 Å². The third-order valence-electron chi connectivity index (χ3n) is 2.18. The van der Waals surface area contributed by atoms with Gasteiger partial charge >= 0.3 is 0 Å². The molecular weight excluding hydrogens is 242 g/mol. The number of benzene rings is 1. The van der Waals surface area contributed by atoms with Gasteiger partial charge in [0, 0.05) is 11.9 Å². The van der Waals surface area contributed by atoms with Crippen LogP contribution in [0.15, 0.2) is 40.4 Å². The van der Waals surface area contributed by atoms with E-state index in [1.807, 2.05) is 13.0 Å². The molecule has 5 heteroatoms. The van der Waals surface area contributed by atoms with Crippen LogP contribution in [0.4, 0.5) is 14.5 Å². The average Bonchev–Trinajstić information content (AvgIpc) is 2.25. The first kappa shape index (κ1) is 11.9. The lowest BCUT2D eigenvalue weighted by Crippen LogP contribution is -1.94. The van der Waals surface area contributed by atoms with Crippen LogP contribution in [0.25, 0.3) is 0 Å². The smallest absolute Gasteiger partial charge is 0.142 e. The molecule has 2 N–H and O–H groups in total. The molecule has 2 nitrogen and oxygen atoms in total. The van der Waals surface area contributed by atoms with Crippen LogP contribution in [-0.4, -0.2) is 4.98 Å². The Labute approximate surface area is 102 Å². The van der Waals surface area contributed by atoms with Gasteiger partial charge in [-0.1, -0.05) is 17.8 Å². The summed E-state index contributed by atoms with van der Waals surface area (Å²) in [6.45, 7) is 1.84. The molecule has 1 aromatic carbocycles. The van der Waals surface area contributed by atoms with Crippen LogP contribution in [0, 0.1) is 18.6 Å². The number of aryl methyl sites for hydroxylation is 1. The molecular formula is C12H10F2N2S. The zero-order valence-electron chi connectivity index (χ0n) is 9.08. The first-order chi connectivity index (χ1) is 8.08. The predicted molar refractivity (Wildman–Crippen MR) is 63.9 cm³/mol. The minimum absolute atomic E-state index is 0.0714. The molecule has 1 heterocycles. The third kappa shape index (κ3) is 2.55. The van der Waals surface area contributed by atoms with Crippen LogP contribution in [0.3, 0.4) is 0 Å². The van der Waals surface area contributed by atoms with Crippen molar-refractivity contribution >= 4 is 17.4 Å². The maximum atomic E-state index is 13.6. The summed E-state index contributed by atoms with van der Waals surface area (Å²) < 4.78 is 27.1. The Morgan fingerprint density at radius 3 is 2.47 bits per heavy atom. The van der Waals surface area contributed by atoms with E-state index < -0.39 is 11.6 Å². The summed E-state index contributed by atoms with van der Waals surface area (Å²) >= 11 is 0.959. The Kier molecular flexibility index (Phi) is 3.28. The van der Waals surface area contributed by atoms with E-state index in [9.17, 15) is 8.78 Å². The van der Waals surface area contributed by atoms with Crippen molar-refractivity contribution in [1.82, 2.24) is 4.98 Å². The van der Waals surface area contributed by atoms with Crippen LogP contribution in [0.5, 0.6) is 0 Å². The minimum atomic E-state index is -0.669. The Balaban J connectivity index is 2.40. The van der Waals surface area contributed by atoms with Crippen LogP contribution in [0.1, 0.15) is 5.56 Å². The normalized spacial score (nSPS) is 10.5. The number of aromatic nitrogens is 1. The summed E-state index contributed by atoms with van der Waals surface area (Å²) in [7, 11) is 0. The van der Waals surface area contributed by atoms with Crippen molar-refractivity contribution in [3.05, 3.63) is 47.7 Å². The number of nitrogens with zero attached hydrogens (tertiary/aromatic N) is 1. The molecule has 0 saturated carbocycles. The van der Waals surface area contributed by atoms with E-state index in [0.717, 1.165) is 29.5 Å². The van der Waals surface area contributed by atoms with Crippen molar-refractivity contribution in [2.24, 2.45) is 0 Å². The zero-order chi connectivity index (χ0) is 12.4. The lowest BCUT2D eigenvalue weighted by Gasteiger charge is -2.07. The van der Waals surface area contributed by atoms with Gasteiger partial charge in [-0.15, -0.1) is 0 Å². The maximum absolute atomic E-state index is 13.6. The van der Waals surface area contributed by atoms with Gasteiger partial charge in [-0.2, -0.15) is 0 Å². The second-order valence-electron chi connectivity index (χ2n) is 3.54. The van der Waals surface area contributed by atoms with E-state index in [1.54, 1.807) is 12.3 Å². The molecule has 0 bridgehead atoms. The Morgan fingerprint density at radius 2 is 1.88 bits per heavy atom. The van der Waals surface area contributed by atoms with Crippen molar-refractivity contribution < 1.29 is 8.78 Å². The highest BCUT2D eigenvalue weighted by Gasteiger charge is 2.13. The van der Waals surface area contributed by atoms with Crippen LogP contribution >= 0.6 is 11.8 Å². The summed E-state index contributed by atoms with van der Waals surface area (Å²) in [6.07, 6.45) is 1.59. The van der Waals surface area contributed by atoms with Crippen molar-refractivity contribution in [2.75, 3.05) is 5.73 Å². The number of pyridine rings is 1. The van der Waals surface area contributed by atoms with Gasteiger partial charge in [-0.25, -0.2) is 13.8 Å². The number of hydrogen-bond acceptors (Lipinski definition) is 3. The van der Waals surface area contributed by atoms with Crippen molar-refractivity contribution in [3.63, 3.8) is 0 Å². The minimum Gasteiger partial charge on any atom is -0.399 e. The highest BCUT2D eigenvalue weighted by molar-refractivity contribution is 7.99. The molecule has 0 spiro atoms. The molecule has 0 aliphatic carbocycles. The second kappa shape index (κ2) is 4.71. The molecule has 88 valence electrons. The first-order valence-corrected chi connectivity index (χ1v) is 5.73. The largest absolute Gasteiger partial charge is 0.399 e. The SMILES string of the molecule is Cc1cccnc1Sc1c(F)cc(N)cc1F. The number of rotatable bonds is 2. The summed E-state index contributed by atoms with van der Waals surface area (Å²) in [6, 6.07) is 5.81. The van der Waals surface area contributed by atoms with Crippen molar-refractivity contribution in [2.45, 2.75) is 16.8 Å². The van der Waals surface area contributed by atoms with Gasteiger partial charge in [0.05, 0.1) is 4.90 Å². The Bertz CT molecular complexity index is 535. The molecule has 0 radical (unpaired) electrons. The van der Waals surface area contributed by atoms with Crippen molar-refractivity contribution in [3.8, 4) is 0 Å². The van der Waals surface area contributed by atoms with Gasteiger partial charge in [-0.05, 0) is 30.7 Å². The van der Waals surface area contributed by atoms with E-state index in [1.165, 1.54) is 0 Å². The highest BCUT2D eigenvalue weighted by Crippen LogP contribution is 2.33. The Hall–Kier alpha value is -1.62. The van der Waals surface area contributed by atoms with Crippen molar-refractivity contribution in [1.29, 1.82) is 0 Å². The van der Waals surface area contributed by atoms with E-state index in [-0.39, 0.29) is 10.6 Å². The molecule has 0 aliphatic rings. The highest BCUT2D eigenvalue weighted by atomic mass is 32.2. The first-order valence-electron chi connectivity index (χ1n) is 4.92. The van der Waals surface area contributed by atoms with E-state index in [2.05, 4.69) is 4.98 Å². The monoisotopic (exact) mass is 252 g/mol. The summed E-state index contributed by atoms with van der Waals surface area (Å²) in [4.78, 5) is 3.99. The van der Waals surface area contributed by atoms with Gasteiger partial charge in [0.1, 0.15) is 16.7 Å². The molecule has 0 unspecified atom stereocenters. The zero-order valence-corrected chi connectivity index (χ0v) is 9.89. The number of halogens is 2. The quantitative estimate of drug-likeness (QED) is 0.832. The number of nitrogen functional groups attached to an aromatic ring is 1. The fraction of sp³-hybridized carbons (Fsp3) is 0.0833. The standard InChI is InChI=1S/C12H10F2N2S/c1-7-3-2-4-16-12(7)17-11-9(13)5-8(15)6-10(11)14/h2-6H,15H2,1H3. The lowest BCUT2D eigenvalue weighted by molar-refractivity contribution is 0.541. The molecule has 0 saturated heterocycles. The topological polar surface area (TPSA) is 38.9 Å². The van der Waals surface area contributed by atoms with Gasteiger partial charge in [0.15, 0.2) is 0 Å². The van der Waals surface area contributed by atoms with Gasteiger partial charge in [0.2, 0.25) is 0 Å².